The summed E-state index contributed by atoms with van der Waals surface area (Å²) in [4.78, 5) is 150. The van der Waals surface area contributed by atoms with Gasteiger partial charge in [0, 0.05) is 19.3 Å². The number of carbonyl (C=O) groups is 12. The van der Waals surface area contributed by atoms with Gasteiger partial charge in [0.1, 0.15) is 42.0 Å². The molecule has 1 aromatic carbocycles. The summed E-state index contributed by atoms with van der Waals surface area (Å²) in [7, 11) is 0. The molecule has 27 nitrogen and oxygen atoms in total. The minimum atomic E-state index is -1.87. The number of rotatable bonds is 31. The van der Waals surface area contributed by atoms with E-state index in [1.807, 2.05) is 0 Å². The highest BCUT2D eigenvalue weighted by Crippen LogP contribution is 2.13. The maximum absolute atomic E-state index is 13.6. The molecule has 1 rings (SSSR count). The number of carbonyl (C=O) groups excluding carboxylic acids is 9. The van der Waals surface area contributed by atoms with E-state index in [9.17, 15) is 78.0 Å². The molecule has 27 heteroatoms. The summed E-state index contributed by atoms with van der Waals surface area (Å²) in [6.45, 7) is 3.53. The Labute approximate surface area is 389 Å². The third-order valence-corrected chi connectivity index (χ3v) is 10.1. The van der Waals surface area contributed by atoms with Crippen LogP contribution in [-0.2, 0) is 64.0 Å². The van der Waals surface area contributed by atoms with Crippen molar-refractivity contribution in [2.24, 2.45) is 23.3 Å². The number of aliphatic carboxylic acids is 3. The van der Waals surface area contributed by atoms with Gasteiger partial charge in [-0.1, -0.05) is 46.2 Å². The second-order valence-electron chi connectivity index (χ2n) is 15.9. The van der Waals surface area contributed by atoms with Crippen molar-refractivity contribution in [1.82, 2.24) is 42.5 Å². The van der Waals surface area contributed by atoms with E-state index >= 15 is 0 Å². The molecule has 0 saturated carbocycles. The Kier molecular flexibility index (Phi) is 25.2. The molecule has 0 unspecified atom stereocenters. The Morgan fingerprint density at radius 3 is 1.60 bits per heavy atom. The molecule has 17 N–H and O–H groups in total. The second kappa shape index (κ2) is 29.3. The fourth-order valence-electron chi connectivity index (χ4n) is 5.96. The second-order valence-corrected chi connectivity index (χ2v) is 15.9. The minimum Gasteiger partial charge on any atom is -0.508 e. The number of aromatic hydroxyl groups is 1. The largest absolute Gasteiger partial charge is 0.508 e. The Morgan fingerprint density at radius 2 is 1.10 bits per heavy atom. The first-order valence-corrected chi connectivity index (χ1v) is 21.2. The van der Waals surface area contributed by atoms with Gasteiger partial charge < -0.3 is 79.5 Å². The highest BCUT2D eigenvalue weighted by molar-refractivity contribution is 5.98. The van der Waals surface area contributed by atoms with Crippen molar-refractivity contribution >= 4 is 71.1 Å². The molecule has 0 radical (unpaired) electrons. The summed E-state index contributed by atoms with van der Waals surface area (Å²) >= 11 is 0. The standard InChI is InChI=1S/C41H62N10O17/c1-5-20(4)34(40(66)48-24(41(67)68)11-12-28(43)54)51-37(63)26(15-32(59)60)49-39(65)33(19(2)3)50-38(64)27(18-52)47-30(56)17-45-36(62)25(14-21-6-8-22(53)9-7-21)46-29(55)16-44-35(61)23(42)10-13-31(57)58/h6-9,19-20,23-27,33-34,52-53H,5,10-18,42H2,1-4H3,(H2,43,54)(H,44,61)(H,45,62)(H,46,55)(H,47,56)(H,48,66)(H,49,65)(H,50,64)(H,51,63)(H,57,58)(H,59,60)(H,67,68)/t20-,23-,24-,25-,26-,27-,33-,34-/m0/s1. The fraction of sp³-hybridized carbons (Fsp3) is 0.561. The average molecular weight is 967 g/mol. The number of carboxylic acids is 3. The van der Waals surface area contributed by atoms with Crippen LogP contribution in [0.25, 0.3) is 0 Å². The molecule has 0 aromatic heterocycles. The Morgan fingerprint density at radius 1 is 0.588 bits per heavy atom. The summed E-state index contributed by atoms with van der Waals surface area (Å²) < 4.78 is 0. The molecule has 378 valence electrons. The van der Waals surface area contributed by atoms with Crippen molar-refractivity contribution in [3.05, 3.63) is 29.8 Å². The normalized spacial score (nSPS) is 14.4. The lowest BCUT2D eigenvalue weighted by Gasteiger charge is -2.29. The maximum Gasteiger partial charge on any atom is 0.326 e. The zero-order valence-electron chi connectivity index (χ0n) is 37.9. The molecule has 0 spiro atoms. The lowest BCUT2D eigenvalue weighted by molar-refractivity contribution is -0.144. The summed E-state index contributed by atoms with van der Waals surface area (Å²) in [6, 6.07) is -5.33. The van der Waals surface area contributed by atoms with E-state index in [1.54, 1.807) is 6.92 Å². The van der Waals surface area contributed by atoms with E-state index in [-0.39, 0.29) is 31.4 Å². The number of aliphatic hydroxyl groups is 1. The number of benzene rings is 1. The zero-order valence-corrected chi connectivity index (χ0v) is 37.9. The van der Waals surface area contributed by atoms with E-state index < -0.39 is 164 Å². The highest BCUT2D eigenvalue weighted by atomic mass is 16.4. The number of nitrogens with one attached hydrogen (secondary N) is 8. The van der Waals surface area contributed by atoms with Gasteiger partial charge in [0.25, 0.3) is 0 Å². The molecular weight excluding hydrogens is 905 g/mol. The molecule has 8 atom stereocenters. The first kappa shape index (κ1) is 58.6. The Hall–Kier alpha value is -7.42. The van der Waals surface area contributed by atoms with Gasteiger partial charge in [-0.2, -0.15) is 0 Å². The summed E-state index contributed by atoms with van der Waals surface area (Å²) in [5.41, 5.74) is 11.2. The van der Waals surface area contributed by atoms with Crippen LogP contribution in [0, 0.1) is 11.8 Å². The number of carboxylic acid groups (broad SMARTS) is 3. The van der Waals surface area contributed by atoms with Crippen LogP contribution in [0.5, 0.6) is 5.75 Å². The van der Waals surface area contributed by atoms with Crippen LogP contribution in [0.1, 0.15) is 71.8 Å². The summed E-state index contributed by atoms with van der Waals surface area (Å²) in [5, 5.41) is 65.7. The number of nitrogens with two attached hydrogens (primary N) is 2. The van der Waals surface area contributed by atoms with E-state index in [0.717, 1.165) is 0 Å². The minimum absolute atomic E-state index is 0.101. The van der Waals surface area contributed by atoms with E-state index in [0.29, 0.717) is 5.56 Å². The van der Waals surface area contributed by atoms with Crippen LogP contribution in [0.2, 0.25) is 0 Å². The van der Waals surface area contributed by atoms with E-state index in [4.69, 9.17) is 16.6 Å². The monoisotopic (exact) mass is 966 g/mol. The van der Waals surface area contributed by atoms with Crippen molar-refractivity contribution in [3.8, 4) is 5.75 Å². The highest BCUT2D eigenvalue weighted by Gasteiger charge is 2.36. The lowest BCUT2D eigenvalue weighted by atomic mass is 9.96. The van der Waals surface area contributed by atoms with Crippen molar-refractivity contribution < 1.29 is 83.1 Å². The average Bonchev–Trinajstić information content (AvgIpc) is 3.27. The Balaban J connectivity index is 3.10. The van der Waals surface area contributed by atoms with E-state index in [1.165, 1.54) is 45.0 Å². The van der Waals surface area contributed by atoms with Gasteiger partial charge in [0.05, 0.1) is 32.2 Å². The SMILES string of the molecule is CC[C@H](C)[C@H](NC(=O)[C@H](CC(=O)O)NC(=O)[C@@H](NC(=O)[C@H](CO)NC(=O)CNC(=O)[C@H](Cc1ccc(O)cc1)NC(=O)CNC(=O)[C@@H](N)CCC(=O)O)C(C)C)C(=O)N[C@@H](CCC(N)=O)C(=O)O. The quantitative estimate of drug-likeness (QED) is 0.0331. The number of phenolic OH excluding ortho intramolecular Hbond substituents is 1. The number of hydrogen-bond donors (Lipinski definition) is 15. The van der Waals surface area contributed by atoms with Gasteiger partial charge in [-0.25, -0.2) is 4.79 Å². The number of amides is 9. The number of aliphatic hydroxyl groups excluding tert-OH is 1. The molecule has 0 bridgehead atoms. The van der Waals surface area contributed by atoms with Gasteiger partial charge in [0.15, 0.2) is 0 Å². The number of hydrogen-bond acceptors (Lipinski definition) is 15. The van der Waals surface area contributed by atoms with Gasteiger partial charge in [-0.15, -0.1) is 0 Å². The van der Waals surface area contributed by atoms with Crippen molar-refractivity contribution in [1.29, 1.82) is 0 Å². The third-order valence-electron chi connectivity index (χ3n) is 10.1. The van der Waals surface area contributed by atoms with Crippen LogP contribution in [0.15, 0.2) is 24.3 Å². The van der Waals surface area contributed by atoms with Crippen molar-refractivity contribution in [3.63, 3.8) is 0 Å². The molecule has 0 aliphatic carbocycles. The smallest absolute Gasteiger partial charge is 0.326 e. The van der Waals surface area contributed by atoms with Crippen LogP contribution in [0.3, 0.4) is 0 Å². The first-order chi connectivity index (χ1) is 31.8. The van der Waals surface area contributed by atoms with Crippen LogP contribution >= 0.6 is 0 Å². The predicted molar refractivity (Wildman–Crippen MR) is 234 cm³/mol. The van der Waals surface area contributed by atoms with Gasteiger partial charge in [0.2, 0.25) is 53.2 Å². The summed E-state index contributed by atoms with van der Waals surface area (Å²) in [5.74, 6) is -14.8. The first-order valence-electron chi connectivity index (χ1n) is 21.2. The molecule has 0 fully saturated rings. The van der Waals surface area contributed by atoms with Crippen LogP contribution in [0.4, 0.5) is 0 Å². The summed E-state index contributed by atoms with van der Waals surface area (Å²) in [6.07, 6.45) is -2.35. The maximum atomic E-state index is 13.6. The topological polar surface area (TPSA) is 454 Å². The molecule has 0 aliphatic heterocycles. The predicted octanol–water partition coefficient (Wildman–Crippen LogP) is -5.21. The van der Waals surface area contributed by atoms with Gasteiger partial charge >= 0.3 is 17.9 Å². The number of phenols is 1. The fourth-order valence-corrected chi connectivity index (χ4v) is 5.96. The molecule has 0 saturated heterocycles. The van der Waals surface area contributed by atoms with Crippen molar-refractivity contribution in [2.75, 3.05) is 19.7 Å². The lowest BCUT2D eigenvalue weighted by Crippen LogP contribution is -2.61. The third kappa shape index (κ3) is 21.7. The molecule has 0 aliphatic rings. The van der Waals surface area contributed by atoms with Gasteiger partial charge in [-0.3, -0.25) is 52.7 Å². The van der Waals surface area contributed by atoms with Crippen molar-refractivity contribution in [2.45, 2.75) is 115 Å². The van der Waals surface area contributed by atoms with Crippen LogP contribution in [-0.4, -0.2) is 159 Å². The number of primary amides is 1. The molecule has 9 amide bonds. The van der Waals surface area contributed by atoms with Crippen LogP contribution < -0.4 is 54.0 Å². The molecule has 68 heavy (non-hydrogen) atoms. The molecular formula is C41H62N10O17. The molecule has 1 aromatic rings. The van der Waals surface area contributed by atoms with E-state index in [2.05, 4.69) is 42.5 Å². The molecule has 0 heterocycles. The zero-order chi connectivity index (χ0) is 51.8. The van der Waals surface area contributed by atoms with Gasteiger partial charge in [-0.05, 0) is 42.4 Å². The Bertz CT molecular complexity index is 1980.